The molecule has 0 aromatic heterocycles. The summed E-state index contributed by atoms with van der Waals surface area (Å²) in [6.45, 7) is 2.31. The third-order valence-electron chi connectivity index (χ3n) is 4.68. The van der Waals surface area contributed by atoms with Crippen molar-refractivity contribution in [3.05, 3.63) is 35.9 Å². The fourth-order valence-corrected chi connectivity index (χ4v) is 3.75. The molecule has 1 aromatic rings. The van der Waals surface area contributed by atoms with E-state index in [0.717, 1.165) is 18.5 Å². The second-order valence-corrected chi connectivity index (χ2v) is 5.91. The van der Waals surface area contributed by atoms with Gasteiger partial charge in [0.2, 0.25) is 0 Å². The first-order valence-corrected chi connectivity index (χ1v) is 7.39. The van der Waals surface area contributed by atoms with Gasteiger partial charge in [-0.25, -0.2) is 0 Å². The van der Waals surface area contributed by atoms with Crippen molar-refractivity contribution < 1.29 is 0 Å². The highest BCUT2D eigenvalue weighted by molar-refractivity contribution is 5.22. The molecule has 3 atom stereocenters. The molecule has 2 heteroatoms. The molecule has 1 saturated heterocycles. The number of likely N-dealkylation sites (tertiary alicyclic amines) is 1. The molecule has 1 aliphatic heterocycles. The highest BCUT2D eigenvalue weighted by atomic mass is 15.2. The van der Waals surface area contributed by atoms with Crippen LogP contribution in [0.3, 0.4) is 0 Å². The first-order chi connectivity index (χ1) is 8.84. The Labute approximate surface area is 110 Å². The Hall–Kier alpha value is -0.860. The Kier molecular flexibility index (Phi) is 3.67. The molecular formula is C16H24N2. The normalized spacial score (nSPS) is 33.7. The summed E-state index contributed by atoms with van der Waals surface area (Å²) < 4.78 is 0. The SMILES string of the molecule is NC1CCN(C2CCCCC2c2ccccc2)C1. The van der Waals surface area contributed by atoms with Crippen molar-refractivity contribution in [3.8, 4) is 0 Å². The fraction of sp³-hybridized carbons (Fsp3) is 0.625. The van der Waals surface area contributed by atoms with Crippen LogP contribution in [0.1, 0.15) is 43.6 Å². The summed E-state index contributed by atoms with van der Waals surface area (Å²) in [4.78, 5) is 2.65. The largest absolute Gasteiger partial charge is 0.326 e. The first kappa shape index (κ1) is 12.2. The lowest BCUT2D eigenvalue weighted by Crippen LogP contribution is -2.41. The minimum absolute atomic E-state index is 0.406. The molecule has 2 aliphatic rings. The smallest absolute Gasteiger partial charge is 0.0180 e. The van der Waals surface area contributed by atoms with E-state index in [1.807, 2.05) is 0 Å². The lowest BCUT2D eigenvalue weighted by Gasteiger charge is -2.38. The quantitative estimate of drug-likeness (QED) is 0.866. The second kappa shape index (κ2) is 5.41. The van der Waals surface area contributed by atoms with Gasteiger partial charge in [-0.3, -0.25) is 4.90 Å². The molecule has 2 nitrogen and oxygen atoms in total. The minimum atomic E-state index is 0.406. The van der Waals surface area contributed by atoms with Crippen LogP contribution in [0.4, 0.5) is 0 Å². The highest BCUT2D eigenvalue weighted by Gasteiger charge is 2.34. The zero-order valence-corrected chi connectivity index (χ0v) is 11.1. The predicted molar refractivity (Wildman–Crippen MR) is 75.6 cm³/mol. The van der Waals surface area contributed by atoms with Gasteiger partial charge >= 0.3 is 0 Å². The zero-order chi connectivity index (χ0) is 12.4. The third kappa shape index (κ3) is 2.45. The summed E-state index contributed by atoms with van der Waals surface area (Å²) >= 11 is 0. The van der Waals surface area contributed by atoms with Crippen molar-refractivity contribution >= 4 is 0 Å². The lowest BCUT2D eigenvalue weighted by molar-refractivity contribution is 0.165. The average Bonchev–Trinajstić information content (AvgIpc) is 2.86. The maximum atomic E-state index is 6.07. The molecule has 2 N–H and O–H groups in total. The van der Waals surface area contributed by atoms with Gasteiger partial charge in [0, 0.05) is 25.2 Å². The molecule has 1 heterocycles. The van der Waals surface area contributed by atoms with Gasteiger partial charge in [0.15, 0.2) is 0 Å². The summed E-state index contributed by atoms with van der Waals surface area (Å²) in [7, 11) is 0. The number of nitrogens with zero attached hydrogens (tertiary/aromatic N) is 1. The van der Waals surface area contributed by atoms with E-state index in [-0.39, 0.29) is 0 Å². The molecule has 18 heavy (non-hydrogen) atoms. The second-order valence-electron chi connectivity index (χ2n) is 5.91. The van der Waals surface area contributed by atoms with Crippen molar-refractivity contribution in [3.63, 3.8) is 0 Å². The molecule has 0 amide bonds. The molecule has 0 bridgehead atoms. The van der Waals surface area contributed by atoms with Gasteiger partial charge in [0.25, 0.3) is 0 Å². The summed E-state index contributed by atoms with van der Waals surface area (Å²) in [6.07, 6.45) is 6.65. The topological polar surface area (TPSA) is 29.3 Å². The van der Waals surface area contributed by atoms with Gasteiger partial charge in [-0.2, -0.15) is 0 Å². The standard InChI is InChI=1S/C16H24N2/c17-14-10-11-18(12-14)16-9-5-4-8-15(16)13-6-2-1-3-7-13/h1-3,6-7,14-16H,4-5,8-12,17H2. The van der Waals surface area contributed by atoms with E-state index in [1.54, 1.807) is 0 Å². The molecule has 2 fully saturated rings. The Morgan fingerprint density at radius 1 is 1.00 bits per heavy atom. The predicted octanol–water partition coefficient (Wildman–Crippen LogP) is 2.75. The Bertz CT molecular complexity index is 376. The van der Waals surface area contributed by atoms with E-state index >= 15 is 0 Å². The monoisotopic (exact) mass is 244 g/mol. The van der Waals surface area contributed by atoms with Crippen LogP contribution < -0.4 is 5.73 Å². The summed E-state index contributed by atoms with van der Waals surface area (Å²) in [5.74, 6) is 0.727. The number of hydrogen-bond acceptors (Lipinski definition) is 2. The molecule has 1 aromatic carbocycles. The maximum Gasteiger partial charge on any atom is 0.0180 e. The van der Waals surface area contributed by atoms with E-state index in [4.69, 9.17) is 5.73 Å². The van der Waals surface area contributed by atoms with Crippen LogP contribution in [-0.2, 0) is 0 Å². The first-order valence-electron chi connectivity index (χ1n) is 7.39. The summed E-state index contributed by atoms with van der Waals surface area (Å²) in [6, 6.07) is 12.2. The Morgan fingerprint density at radius 3 is 2.50 bits per heavy atom. The van der Waals surface area contributed by atoms with Crippen LogP contribution in [0.5, 0.6) is 0 Å². The Morgan fingerprint density at radius 2 is 1.78 bits per heavy atom. The van der Waals surface area contributed by atoms with E-state index in [0.29, 0.717) is 6.04 Å². The number of nitrogens with two attached hydrogens (primary N) is 1. The zero-order valence-electron chi connectivity index (χ0n) is 11.1. The fourth-order valence-electron chi connectivity index (χ4n) is 3.75. The van der Waals surface area contributed by atoms with Crippen molar-refractivity contribution in [2.24, 2.45) is 5.73 Å². The molecular weight excluding hydrogens is 220 g/mol. The molecule has 3 rings (SSSR count). The molecule has 1 aliphatic carbocycles. The number of rotatable bonds is 2. The van der Waals surface area contributed by atoms with Gasteiger partial charge in [0.05, 0.1) is 0 Å². The van der Waals surface area contributed by atoms with Crippen molar-refractivity contribution in [2.45, 2.75) is 50.1 Å². The maximum absolute atomic E-state index is 6.07. The number of benzene rings is 1. The van der Waals surface area contributed by atoms with Crippen LogP contribution in [0.25, 0.3) is 0 Å². The Balaban J connectivity index is 1.78. The van der Waals surface area contributed by atoms with Gasteiger partial charge < -0.3 is 5.73 Å². The highest BCUT2D eigenvalue weighted by Crippen LogP contribution is 2.37. The van der Waals surface area contributed by atoms with Crippen LogP contribution in [-0.4, -0.2) is 30.1 Å². The summed E-state index contributed by atoms with van der Waals surface area (Å²) in [5.41, 5.74) is 7.60. The third-order valence-corrected chi connectivity index (χ3v) is 4.68. The summed E-state index contributed by atoms with van der Waals surface area (Å²) in [5, 5.41) is 0. The lowest BCUT2D eigenvalue weighted by atomic mass is 9.79. The van der Waals surface area contributed by atoms with Crippen LogP contribution in [0, 0.1) is 0 Å². The number of hydrogen-bond donors (Lipinski definition) is 1. The van der Waals surface area contributed by atoms with E-state index in [9.17, 15) is 0 Å². The molecule has 3 unspecified atom stereocenters. The van der Waals surface area contributed by atoms with Gasteiger partial charge in [-0.1, -0.05) is 43.2 Å². The van der Waals surface area contributed by atoms with E-state index in [1.165, 1.54) is 44.2 Å². The van der Waals surface area contributed by atoms with E-state index in [2.05, 4.69) is 35.2 Å². The molecule has 0 radical (unpaired) electrons. The average molecular weight is 244 g/mol. The van der Waals surface area contributed by atoms with Crippen LogP contribution in [0.2, 0.25) is 0 Å². The van der Waals surface area contributed by atoms with Crippen molar-refractivity contribution in [1.82, 2.24) is 4.90 Å². The van der Waals surface area contributed by atoms with Gasteiger partial charge in [0.1, 0.15) is 0 Å². The van der Waals surface area contributed by atoms with Crippen LogP contribution in [0.15, 0.2) is 30.3 Å². The molecule has 1 saturated carbocycles. The molecule has 0 spiro atoms. The van der Waals surface area contributed by atoms with Crippen molar-refractivity contribution in [1.29, 1.82) is 0 Å². The van der Waals surface area contributed by atoms with Crippen molar-refractivity contribution in [2.75, 3.05) is 13.1 Å². The van der Waals surface area contributed by atoms with Gasteiger partial charge in [-0.05, 0) is 30.7 Å². The van der Waals surface area contributed by atoms with Crippen LogP contribution >= 0.6 is 0 Å². The molecule has 98 valence electrons. The minimum Gasteiger partial charge on any atom is -0.326 e. The van der Waals surface area contributed by atoms with E-state index < -0.39 is 0 Å². The van der Waals surface area contributed by atoms with Gasteiger partial charge in [-0.15, -0.1) is 0 Å².